The van der Waals surface area contributed by atoms with Gasteiger partial charge in [0.25, 0.3) is 5.91 Å². The standard InChI is InChI=1S/C38H45FN6O4S/c1-8-30-23-44(50(47,48)34-13-11-10-12-33(34)49-30)22-28-18-26(15-14-24(28)3)35(38(5,6)41-37(46)27-19-29(39)21-40-20-27)31-16-17-32-36(25(31)4)42-43(7)45(32)9-2/h10-21,30,35,42H,8-9,22-23H2,1-7H3,(H,41,46)/t30-,35+/m1/s1. The van der Waals surface area contributed by atoms with Gasteiger partial charge < -0.3 is 10.1 Å². The van der Waals surface area contributed by atoms with Gasteiger partial charge in [-0.3, -0.25) is 20.2 Å². The average Bonchev–Trinajstić information content (AvgIpc) is 3.36. The lowest BCUT2D eigenvalue weighted by molar-refractivity contribution is 0.0905. The molecule has 3 heterocycles. The third-order valence-corrected chi connectivity index (χ3v) is 11.7. The third kappa shape index (κ3) is 6.55. The van der Waals surface area contributed by atoms with E-state index in [2.05, 4.69) is 52.8 Å². The van der Waals surface area contributed by atoms with E-state index in [1.807, 2.05) is 52.0 Å². The molecule has 6 rings (SSSR count). The van der Waals surface area contributed by atoms with E-state index in [0.29, 0.717) is 12.2 Å². The number of sulfonamides is 1. The van der Waals surface area contributed by atoms with Crippen LogP contribution in [0.5, 0.6) is 5.75 Å². The summed E-state index contributed by atoms with van der Waals surface area (Å²) in [6.07, 6.45) is 2.75. The quantitative estimate of drug-likeness (QED) is 0.203. The summed E-state index contributed by atoms with van der Waals surface area (Å²) in [5.74, 6) is -1.07. The number of benzene rings is 3. The van der Waals surface area contributed by atoms with Crippen LogP contribution in [0, 0.1) is 19.7 Å². The van der Waals surface area contributed by atoms with Crippen molar-refractivity contribution < 1.29 is 22.3 Å². The van der Waals surface area contributed by atoms with Crippen LogP contribution < -0.4 is 20.5 Å². The monoisotopic (exact) mass is 700 g/mol. The molecule has 0 fully saturated rings. The van der Waals surface area contributed by atoms with Crippen molar-refractivity contribution in [3.05, 3.63) is 112 Å². The first kappa shape index (κ1) is 35.3. The molecule has 0 aliphatic carbocycles. The number of nitrogens with one attached hydrogen (secondary N) is 2. The van der Waals surface area contributed by atoms with E-state index in [-0.39, 0.29) is 29.7 Å². The molecule has 264 valence electrons. The van der Waals surface area contributed by atoms with E-state index >= 15 is 0 Å². The summed E-state index contributed by atoms with van der Waals surface area (Å²) < 4.78 is 49.9. The lowest BCUT2D eigenvalue weighted by Crippen LogP contribution is -2.48. The first-order valence-corrected chi connectivity index (χ1v) is 18.4. The van der Waals surface area contributed by atoms with Crippen molar-refractivity contribution in [2.45, 2.75) is 77.0 Å². The van der Waals surface area contributed by atoms with Crippen molar-refractivity contribution >= 4 is 27.3 Å². The lowest BCUT2D eigenvalue weighted by atomic mass is 9.74. The second-order valence-corrected chi connectivity index (χ2v) is 15.5. The number of aryl methyl sites for hydroxylation is 1. The minimum atomic E-state index is -3.87. The van der Waals surface area contributed by atoms with E-state index in [0.717, 1.165) is 51.9 Å². The zero-order valence-corrected chi connectivity index (χ0v) is 30.4. The maximum Gasteiger partial charge on any atom is 0.253 e. The number of anilines is 2. The molecule has 2 aliphatic rings. The van der Waals surface area contributed by atoms with Gasteiger partial charge in [0.2, 0.25) is 10.0 Å². The fourth-order valence-corrected chi connectivity index (χ4v) is 8.71. The summed E-state index contributed by atoms with van der Waals surface area (Å²) in [4.78, 5) is 17.6. The van der Waals surface area contributed by atoms with Crippen molar-refractivity contribution in [2.75, 3.05) is 30.6 Å². The number of hydrogen-bond acceptors (Lipinski definition) is 8. The molecule has 3 aromatic carbocycles. The smallest absolute Gasteiger partial charge is 0.253 e. The summed E-state index contributed by atoms with van der Waals surface area (Å²) in [5.41, 5.74) is 9.39. The number of amides is 1. The number of pyridine rings is 1. The Balaban J connectivity index is 1.45. The average molecular weight is 701 g/mol. The van der Waals surface area contributed by atoms with Gasteiger partial charge in [0, 0.05) is 37.8 Å². The minimum absolute atomic E-state index is 0.119. The highest BCUT2D eigenvalue weighted by Gasteiger charge is 2.38. The number of nitrogens with zero attached hydrogens (tertiary/aromatic N) is 4. The Labute approximate surface area is 294 Å². The molecule has 1 aromatic heterocycles. The molecule has 2 N–H and O–H groups in total. The van der Waals surface area contributed by atoms with E-state index in [1.54, 1.807) is 24.3 Å². The molecule has 0 unspecified atom stereocenters. The highest BCUT2D eigenvalue weighted by molar-refractivity contribution is 7.89. The first-order chi connectivity index (χ1) is 23.7. The van der Waals surface area contributed by atoms with Crippen molar-refractivity contribution in [3.8, 4) is 5.75 Å². The Morgan fingerprint density at radius 1 is 1.10 bits per heavy atom. The van der Waals surface area contributed by atoms with Crippen molar-refractivity contribution in [1.29, 1.82) is 0 Å². The Hall–Kier alpha value is -4.52. The number of ether oxygens (including phenoxy) is 1. The van der Waals surface area contributed by atoms with Crippen molar-refractivity contribution in [1.82, 2.24) is 19.7 Å². The molecule has 2 aliphatic heterocycles. The van der Waals surface area contributed by atoms with Crippen LogP contribution in [0.3, 0.4) is 0 Å². The van der Waals surface area contributed by atoms with Crippen LogP contribution in [0.4, 0.5) is 15.8 Å². The summed E-state index contributed by atoms with van der Waals surface area (Å²) >= 11 is 0. The molecule has 10 nitrogen and oxygen atoms in total. The molecule has 0 bridgehead atoms. The topological polar surface area (TPSA) is 107 Å². The lowest BCUT2D eigenvalue weighted by Gasteiger charge is -2.38. The highest BCUT2D eigenvalue weighted by atomic mass is 32.2. The maximum atomic E-state index is 14.1. The van der Waals surface area contributed by atoms with Gasteiger partial charge in [0.05, 0.1) is 29.7 Å². The van der Waals surface area contributed by atoms with Crippen LogP contribution in [0.15, 0.2) is 78.0 Å². The number of carbonyl (C=O) groups excluding carboxylic acids is 1. The highest BCUT2D eigenvalue weighted by Crippen LogP contribution is 2.44. The van der Waals surface area contributed by atoms with Gasteiger partial charge in [0.15, 0.2) is 0 Å². The number of carbonyl (C=O) groups is 1. The number of rotatable bonds is 9. The zero-order chi connectivity index (χ0) is 36.0. The van der Waals surface area contributed by atoms with E-state index < -0.39 is 33.2 Å². The molecule has 50 heavy (non-hydrogen) atoms. The van der Waals surface area contributed by atoms with Crippen LogP contribution in [-0.4, -0.2) is 60.5 Å². The van der Waals surface area contributed by atoms with Crippen LogP contribution in [0.1, 0.15) is 78.2 Å². The molecule has 0 saturated carbocycles. The largest absolute Gasteiger partial charge is 0.488 e. The van der Waals surface area contributed by atoms with Gasteiger partial charge in [-0.25, -0.2) is 12.8 Å². The molecule has 0 spiro atoms. The zero-order valence-electron chi connectivity index (χ0n) is 29.6. The van der Waals surface area contributed by atoms with Crippen LogP contribution in [0.2, 0.25) is 0 Å². The molecule has 4 aromatic rings. The van der Waals surface area contributed by atoms with Gasteiger partial charge in [-0.1, -0.05) is 43.3 Å². The molecule has 2 atom stereocenters. The predicted molar refractivity (Wildman–Crippen MR) is 193 cm³/mol. The summed E-state index contributed by atoms with van der Waals surface area (Å²) in [6, 6.07) is 18.2. The van der Waals surface area contributed by atoms with E-state index in [1.165, 1.54) is 16.6 Å². The van der Waals surface area contributed by atoms with Gasteiger partial charge in [-0.15, -0.1) is 5.12 Å². The Morgan fingerprint density at radius 3 is 2.58 bits per heavy atom. The fraction of sp³-hybridized carbons (Fsp3) is 0.368. The van der Waals surface area contributed by atoms with Gasteiger partial charge in [0.1, 0.15) is 22.6 Å². The van der Waals surface area contributed by atoms with Crippen molar-refractivity contribution in [3.63, 3.8) is 0 Å². The predicted octanol–water partition coefficient (Wildman–Crippen LogP) is 6.55. The van der Waals surface area contributed by atoms with Gasteiger partial charge in [-0.05, 0) is 93.1 Å². The van der Waals surface area contributed by atoms with Crippen LogP contribution >= 0.6 is 0 Å². The Morgan fingerprint density at radius 2 is 1.86 bits per heavy atom. The second-order valence-electron chi connectivity index (χ2n) is 13.6. The Bertz CT molecular complexity index is 2040. The fourth-order valence-electron chi connectivity index (χ4n) is 7.14. The number of aromatic nitrogens is 1. The van der Waals surface area contributed by atoms with Crippen LogP contribution in [0.25, 0.3) is 0 Å². The summed E-state index contributed by atoms with van der Waals surface area (Å²) in [5, 5.41) is 7.27. The third-order valence-electron chi connectivity index (χ3n) is 9.81. The molecule has 0 saturated heterocycles. The number of para-hydroxylation sites is 1. The number of hydrazine groups is 2. The minimum Gasteiger partial charge on any atom is -0.488 e. The normalized spacial score (nSPS) is 18.0. The first-order valence-electron chi connectivity index (χ1n) is 16.9. The summed E-state index contributed by atoms with van der Waals surface area (Å²) in [7, 11) is -1.91. The Kier molecular flexibility index (Phi) is 9.64. The SMILES string of the molecule is CC[C@@H]1CN(Cc2cc([C@@H](c3ccc4c(c3C)NN(C)N4CC)C(C)(C)NC(=O)c3cncc(F)c3)ccc2C)S(=O)(=O)c2ccccc2O1. The number of halogens is 1. The molecule has 1 amide bonds. The number of fused-ring (bicyclic) bond motifs is 2. The van der Waals surface area contributed by atoms with Gasteiger partial charge in [-0.2, -0.15) is 4.31 Å². The molecule has 12 heteroatoms. The molecule has 0 radical (unpaired) electrons. The van der Waals surface area contributed by atoms with E-state index in [4.69, 9.17) is 4.74 Å². The summed E-state index contributed by atoms with van der Waals surface area (Å²) in [6.45, 7) is 13.1. The van der Waals surface area contributed by atoms with E-state index in [9.17, 15) is 17.6 Å². The van der Waals surface area contributed by atoms with Crippen LogP contribution in [-0.2, 0) is 16.6 Å². The molecular formula is C38H45FN6O4S. The number of hydrogen-bond donors (Lipinski definition) is 2. The van der Waals surface area contributed by atoms with Gasteiger partial charge >= 0.3 is 0 Å². The molecular weight excluding hydrogens is 656 g/mol. The van der Waals surface area contributed by atoms with Crippen molar-refractivity contribution in [2.24, 2.45) is 0 Å². The maximum absolute atomic E-state index is 14.1. The second kappa shape index (κ2) is 13.7.